The van der Waals surface area contributed by atoms with Gasteiger partial charge in [0, 0.05) is 42.3 Å². The lowest BCUT2D eigenvalue weighted by molar-refractivity contribution is 0.841. The third-order valence-electron chi connectivity index (χ3n) is 4.01. The van der Waals surface area contributed by atoms with Crippen LogP contribution in [0.25, 0.3) is 22.3 Å². The predicted molar refractivity (Wildman–Crippen MR) is 95.5 cm³/mol. The van der Waals surface area contributed by atoms with Gasteiger partial charge in [0.05, 0.1) is 12.1 Å². The van der Waals surface area contributed by atoms with Crippen molar-refractivity contribution in [3.63, 3.8) is 0 Å². The van der Waals surface area contributed by atoms with E-state index >= 15 is 0 Å². The van der Waals surface area contributed by atoms with Gasteiger partial charge in [0.25, 0.3) is 0 Å². The highest BCUT2D eigenvalue weighted by atomic mass is 15.1. The van der Waals surface area contributed by atoms with Gasteiger partial charge in [0.15, 0.2) is 5.82 Å². The number of nitrogens with zero attached hydrogens (tertiary/aromatic N) is 4. The van der Waals surface area contributed by atoms with Gasteiger partial charge in [-0.3, -0.25) is 4.98 Å². The summed E-state index contributed by atoms with van der Waals surface area (Å²) in [7, 11) is 2.04. The van der Waals surface area contributed by atoms with Crippen molar-refractivity contribution in [1.29, 1.82) is 0 Å². The van der Waals surface area contributed by atoms with Crippen molar-refractivity contribution >= 4 is 16.7 Å². The van der Waals surface area contributed by atoms with E-state index in [0.29, 0.717) is 12.4 Å². The van der Waals surface area contributed by atoms with E-state index in [4.69, 9.17) is 4.98 Å². The molecule has 0 bridgehead atoms. The minimum Gasteiger partial charge on any atom is -0.364 e. The molecule has 4 rings (SSSR count). The molecule has 24 heavy (non-hydrogen) atoms. The summed E-state index contributed by atoms with van der Waals surface area (Å²) in [6.45, 7) is 0.705. The molecule has 0 radical (unpaired) electrons. The molecule has 0 aliphatic carbocycles. The predicted octanol–water partition coefficient (Wildman–Crippen LogP) is 3.64. The van der Waals surface area contributed by atoms with Crippen LogP contribution in [0.1, 0.15) is 5.69 Å². The van der Waals surface area contributed by atoms with Crippen molar-refractivity contribution in [3.05, 3.63) is 72.8 Å². The third-order valence-corrected chi connectivity index (χ3v) is 4.01. The summed E-state index contributed by atoms with van der Waals surface area (Å²) in [5.74, 6) is 1.51. The Morgan fingerprint density at radius 3 is 2.71 bits per heavy atom. The van der Waals surface area contributed by atoms with E-state index in [9.17, 15) is 0 Å². The molecule has 0 spiro atoms. The fourth-order valence-electron chi connectivity index (χ4n) is 2.69. The van der Waals surface area contributed by atoms with E-state index in [2.05, 4.69) is 25.9 Å². The van der Waals surface area contributed by atoms with Crippen LogP contribution >= 0.6 is 0 Å². The molecular weight excluding hydrogens is 298 g/mol. The summed E-state index contributed by atoms with van der Waals surface area (Å²) in [5, 5.41) is 4.46. The molecular formula is C19H17N5. The maximum atomic E-state index is 4.73. The van der Waals surface area contributed by atoms with Crippen LogP contribution in [0.3, 0.4) is 0 Å². The molecule has 1 N–H and O–H groups in total. The van der Waals surface area contributed by atoms with Crippen molar-refractivity contribution in [1.82, 2.24) is 19.5 Å². The molecule has 0 aliphatic heterocycles. The van der Waals surface area contributed by atoms with Gasteiger partial charge in [-0.15, -0.1) is 0 Å². The standard InChI is InChI=1S/C19H17N5/c1-24-11-5-7-15(24)13-21-19-16-8-2-3-9-17(16)22-18(23-19)14-6-4-10-20-12-14/h2-12H,13H2,1H3,(H,21,22,23). The van der Waals surface area contributed by atoms with Gasteiger partial charge in [-0.1, -0.05) is 12.1 Å². The van der Waals surface area contributed by atoms with Crippen molar-refractivity contribution in [2.75, 3.05) is 5.32 Å². The van der Waals surface area contributed by atoms with Gasteiger partial charge in [-0.25, -0.2) is 9.97 Å². The molecule has 0 atom stereocenters. The zero-order valence-corrected chi connectivity index (χ0v) is 13.3. The van der Waals surface area contributed by atoms with Gasteiger partial charge in [0.1, 0.15) is 5.82 Å². The maximum absolute atomic E-state index is 4.73. The number of nitrogens with one attached hydrogen (secondary N) is 1. The summed E-state index contributed by atoms with van der Waals surface area (Å²) in [6, 6.07) is 16.0. The summed E-state index contributed by atoms with van der Waals surface area (Å²) >= 11 is 0. The molecule has 0 saturated heterocycles. The van der Waals surface area contributed by atoms with E-state index in [-0.39, 0.29) is 0 Å². The number of hydrogen-bond donors (Lipinski definition) is 1. The Labute approximate surface area is 140 Å². The number of rotatable bonds is 4. The molecule has 5 nitrogen and oxygen atoms in total. The Kier molecular flexibility index (Phi) is 3.67. The average Bonchev–Trinajstić information content (AvgIpc) is 3.05. The van der Waals surface area contributed by atoms with Crippen LogP contribution in [0.15, 0.2) is 67.1 Å². The number of aromatic nitrogens is 4. The van der Waals surface area contributed by atoms with Crippen LogP contribution in [0.4, 0.5) is 5.82 Å². The monoisotopic (exact) mass is 315 g/mol. The Bertz CT molecular complexity index is 975. The van der Waals surface area contributed by atoms with E-state index in [1.165, 1.54) is 5.69 Å². The van der Waals surface area contributed by atoms with Crippen LogP contribution in [-0.4, -0.2) is 19.5 Å². The van der Waals surface area contributed by atoms with Crippen LogP contribution in [0.5, 0.6) is 0 Å². The molecule has 118 valence electrons. The first kappa shape index (κ1) is 14.4. The van der Waals surface area contributed by atoms with Crippen LogP contribution < -0.4 is 5.32 Å². The van der Waals surface area contributed by atoms with Crippen molar-refractivity contribution in [2.24, 2.45) is 7.05 Å². The van der Waals surface area contributed by atoms with Gasteiger partial charge < -0.3 is 9.88 Å². The third kappa shape index (κ3) is 2.72. The second-order valence-electron chi connectivity index (χ2n) is 5.62. The highest BCUT2D eigenvalue weighted by Crippen LogP contribution is 2.24. The second-order valence-corrected chi connectivity index (χ2v) is 5.62. The Hall–Kier alpha value is -3.21. The Morgan fingerprint density at radius 2 is 1.92 bits per heavy atom. The van der Waals surface area contributed by atoms with E-state index in [1.807, 2.05) is 55.7 Å². The largest absolute Gasteiger partial charge is 0.364 e. The molecule has 4 aromatic rings. The average molecular weight is 315 g/mol. The first-order valence-corrected chi connectivity index (χ1v) is 7.82. The number of fused-ring (bicyclic) bond motifs is 1. The first-order valence-electron chi connectivity index (χ1n) is 7.82. The smallest absolute Gasteiger partial charge is 0.163 e. The molecule has 3 heterocycles. The number of anilines is 1. The molecule has 0 amide bonds. The van der Waals surface area contributed by atoms with Gasteiger partial charge in [-0.05, 0) is 36.4 Å². The van der Waals surface area contributed by atoms with Crippen molar-refractivity contribution < 1.29 is 0 Å². The number of para-hydroxylation sites is 1. The number of hydrogen-bond acceptors (Lipinski definition) is 4. The lowest BCUT2D eigenvalue weighted by atomic mass is 10.2. The molecule has 1 aromatic carbocycles. The summed E-state index contributed by atoms with van der Waals surface area (Å²) in [4.78, 5) is 13.6. The SMILES string of the molecule is Cn1cccc1CNc1nc(-c2cccnc2)nc2ccccc12. The quantitative estimate of drug-likeness (QED) is 0.624. The Balaban J connectivity index is 1.76. The minimum atomic E-state index is 0.677. The fraction of sp³-hybridized carbons (Fsp3) is 0.105. The van der Waals surface area contributed by atoms with Gasteiger partial charge in [0.2, 0.25) is 0 Å². The maximum Gasteiger partial charge on any atom is 0.163 e. The second kappa shape index (κ2) is 6.12. The lowest BCUT2D eigenvalue weighted by Gasteiger charge is -2.11. The number of aryl methyl sites for hydroxylation is 1. The summed E-state index contributed by atoms with van der Waals surface area (Å²) in [5.41, 5.74) is 3.02. The molecule has 0 fully saturated rings. The first-order chi connectivity index (χ1) is 11.8. The fourth-order valence-corrected chi connectivity index (χ4v) is 2.69. The van der Waals surface area contributed by atoms with Crippen LogP contribution in [-0.2, 0) is 13.6 Å². The minimum absolute atomic E-state index is 0.677. The van der Waals surface area contributed by atoms with Crippen molar-refractivity contribution in [3.8, 4) is 11.4 Å². The summed E-state index contributed by atoms with van der Waals surface area (Å²) < 4.78 is 2.10. The molecule has 0 saturated carbocycles. The van der Waals surface area contributed by atoms with Gasteiger partial charge in [-0.2, -0.15) is 0 Å². The highest BCUT2D eigenvalue weighted by Gasteiger charge is 2.09. The normalized spacial score (nSPS) is 10.9. The summed E-state index contributed by atoms with van der Waals surface area (Å²) in [6.07, 6.45) is 5.57. The highest BCUT2D eigenvalue weighted by molar-refractivity contribution is 5.90. The number of pyridine rings is 1. The topological polar surface area (TPSA) is 55.6 Å². The Morgan fingerprint density at radius 1 is 1.00 bits per heavy atom. The molecule has 0 unspecified atom stereocenters. The van der Waals surface area contributed by atoms with E-state index in [1.54, 1.807) is 12.4 Å². The zero-order chi connectivity index (χ0) is 16.4. The van der Waals surface area contributed by atoms with Crippen LogP contribution in [0, 0.1) is 0 Å². The molecule has 5 heteroatoms. The van der Waals surface area contributed by atoms with E-state index < -0.39 is 0 Å². The van der Waals surface area contributed by atoms with Crippen molar-refractivity contribution in [2.45, 2.75) is 6.54 Å². The molecule has 3 aromatic heterocycles. The molecule has 0 aliphatic rings. The number of benzene rings is 1. The lowest BCUT2D eigenvalue weighted by Crippen LogP contribution is -2.07. The van der Waals surface area contributed by atoms with Gasteiger partial charge >= 0.3 is 0 Å². The van der Waals surface area contributed by atoms with E-state index in [0.717, 1.165) is 22.3 Å². The van der Waals surface area contributed by atoms with Crippen LogP contribution in [0.2, 0.25) is 0 Å². The zero-order valence-electron chi connectivity index (χ0n) is 13.3.